The fourth-order valence-corrected chi connectivity index (χ4v) is 8.71. The minimum Gasteiger partial charge on any atom is -0.0622 e. The number of hydrogen-bond acceptors (Lipinski definition) is 0. The number of hydrogen-bond donors (Lipinski definition) is 0. The SMILES string of the molecule is c1ccc(-c2ccc(-c3ccccc3-c3ccc4ccc5cccc6ccc3c4c56)c(-c3ccc4ccc5cccc6ccc3c4c56)c2)cc1. The van der Waals surface area contributed by atoms with E-state index in [1.54, 1.807) is 0 Å². The zero-order chi connectivity index (χ0) is 32.8. The van der Waals surface area contributed by atoms with E-state index < -0.39 is 0 Å². The molecular formula is C50H30. The van der Waals surface area contributed by atoms with Gasteiger partial charge in [-0.3, -0.25) is 0 Å². The van der Waals surface area contributed by atoms with Crippen LogP contribution < -0.4 is 0 Å². The van der Waals surface area contributed by atoms with Gasteiger partial charge in [-0.2, -0.15) is 0 Å². The maximum absolute atomic E-state index is 2.41. The van der Waals surface area contributed by atoms with Gasteiger partial charge in [0.25, 0.3) is 0 Å². The Morgan fingerprint density at radius 3 is 1.16 bits per heavy atom. The maximum Gasteiger partial charge on any atom is -0.00206 e. The van der Waals surface area contributed by atoms with E-state index in [1.165, 1.54) is 109 Å². The van der Waals surface area contributed by atoms with Gasteiger partial charge in [-0.25, -0.2) is 0 Å². The second kappa shape index (κ2) is 10.5. The van der Waals surface area contributed by atoms with Crippen molar-refractivity contribution < 1.29 is 0 Å². The summed E-state index contributed by atoms with van der Waals surface area (Å²) < 4.78 is 0. The number of benzene rings is 11. The third-order valence-electron chi connectivity index (χ3n) is 11.0. The van der Waals surface area contributed by atoms with E-state index in [0.717, 1.165) is 0 Å². The van der Waals surface area contributed by atoms with E-state index in [-0.39, 0.29) is 0 Å². The maximum atomic E-state index is 2.41. The van der Waals surface area contributed by atoms with Crippen molar-refractivity contribution in [3.05, 3.63) is 182 Å². The lowest BCUT2D eigenvalue weighted by Gasteiger charge is -2.20. The molecule has 0 bridgehead atoms. The molecule has 0 heteroatoms. The molecule has 11 rings (SSSR count). The van der Waals surface area contributed by atoms with Gasteiger partial charge in [-0.05, 0) is 115 Å². The van der Waals surface area contributed by atoms with Crippen molar-refractivity contribution in [2.24, 2.45) is 0 Å². The zero-order valence-corrected chi connectivity index (χ0v) is 27.3. The highest BCUT2D eigenvalue weighted by molar-refractivity contribution is 6.27. The molecule has 0 heterocycles. The summed E-state index contributed by atoms with van der Waals surface area (Å²) in [6.07, 6.45) is 0. The first-order valence-electron chi connectivity index (χ1n) is 17.4. The summed E-state index contributed by atoms with van der Waals surface area (Å²) in [5, 5.41) is 15.7. The van der Waals surface area contributed by atoms with Crippen molar-refractivity contribution in [1.29, 1.82) is 0 Å². The van der Waals surface area contributed by atoms with Gasteiger partial charge in [0.1, 0.15) is 0 Å². The van der Waals surface area contributed by atoms with Gasteiger partial charge in [-0.1, -0.05) is 176 Å². The molecule has 0 aliphatic rings. The van der Waals surface area contributed by atoms with Crippen molar-refractivity contribution in [2.75, 3.05) is 0 Å². The second-order valence-corrected chi connectivity index (χ2v) is 13.6. The van der Waals surface area contributed by atoms with Crippen LogP contribution in [0.3, 0.4) is 0 Å². The quantitative estimate of drug-likeness (QED) is 0.170. The van der Waals surface area contributed by atoms with Crippen LogP contribution in [0.1, 0.15) is 0 Å². The lowest BCUT2D eigenvalue weighted by molar-refractivity contribution is 1.57. The highest BCUT2D eigenvalue weighted by Crippen LogP contribution is 2.47. The first-order valence-corrected chi connectivity index (χ1v) is 17.4. The fraction of sp³-hybridized carbons (Fsp3) is 0. The monoisotopic (exact) mass is 630 g/mol. The fourth-order valence-electron chi connectivity index (χ4n) is 8.71. The standard InChI is InChI=1S/C50H30/c1-2-8-31(9-3-1)38-24-27-42(46(30-38)43-26-21-37-19-17-33-11-7-13-35-23-29-45(43)50(37)48(33)35)40-15-5-4-14-39(40)41-25-20-36-18-16-32-10-6-12-34-22-28-44(41)49(36)47(32)34/h1-30H. The Morgan fingerprint density at radius 1 is 0.200 bits per heavy atom. The molecule has 0 aliphatic heterocycles. The molecule has 0 amide bonds. The Morgan fingerprint density at radius 2 is 0.600 bits per heavy atom. The Kier molecular flexibility index (Phi) is 5.76. The molecule has 11 aromatic carbocycles. The van der Waals surface area contributed by atoms with E-state index in [9.17, 15) is 0 Å². The third-order valence-corrected chi connectivity index (χ3v) is 11.0. The van der Waals surface area contributed by atoms with Crippen LogP contribution >= 0.6 is 0 Å². The van der Waals surface area contributed by atoms with Crippen molar-refractivity contribution in [3.8, 4) is 44.5 Å². The summed E-state index contributed by atoms with van der Waals surface area (Å²) in [5.74, 6) is 0. The molecule has 0 N–H and O–H groups in total. The molecule has 0 atom stereocenters. The van der Waals surface area contributed by atoms with Crippen LogP contribution in [0.4, 0.5) is 0 Å². The molecular weight excluding hydrogens is 601 g/mol. The van der Waals surface area contributed by atoms with Crippen LogP contribution in [-0.4, -0.2) is 0 Å². The van der Waals surface area contributed by atoms with Crippen LogP contribution in [-0.2, 0) is 0 Å². The summed E-state index contributed by atoms with van der Waals surface area (Å²) >= 11 is 0. The average Bonchev–Trinajstić information content (AvgIpc) is 3.19. The van der Waals surface area contributed by atoms with Crippen molar-refractivity contribution in [3.63, 3.8) is 0 Å². The smallest absolute Gasteiger partial charge is 0.00206 e. The van der Waals surface area contributed by atoms with Gasteiger partial charge >= 0.3 is 0 Å². The molecule has 0 radical (unpaired) electrons. The molecule has 0 saturated carbocycles. The lowest BCUT2D eigenvalue weighted by atomic mass is 9.83. The Bertz CT molecular complexity index is 3040. The van der Waals surface area contributed by atoms with E-state index in [2.05, 4.69) is 182 Å². The third kappa shape index (κ3) is 3.94. The van der Waals surface area contributed by atoms with Crippen LogP contribution in [0, 0.1) is 0 Å². The molecule has 0 saturated heterocycles. The average molecular weight is 631 g/mol. The first kappa shape index (κ1) is 27.5. The van der Waals surface area contributed by atoms with E-state index in [4.69, 9.17) is 0 Å². The summed E-state index contributed by atoms with van der Waals surface area (Å²) in [5.41, 5.74) is 9.93. The van der Waals surface area contributed by atoms with E-state index in [0.29, 0.717) is 0 Å². The first-order chi connectivity index (χ1) is 24.8. The lowest BCUT2D eigenvalue weighted by Crippen LogP contribution is -1.93. The molecule has 0 aromatic heterocycles. The largest absolute Gasteiger partial charge is 0.0622 e. The van der Waals surface area contributed by atoms with E-state index in [1.807, 2.05) is 0 Å². The summed E-state index contributed by atoms with van der Waals surface area (Å²) in [7, 11) is 0. The predicted octanol–water partition coefficient (Wildman–Crippen LogP) is 14.1. The van der Waals surface area contributed by atoms with Crippen molar-refractivity contribution in [2.45, 2.75) is 0 Å². The van der Waals surface area contributed by atoms with Gasteiger partial charge in [0, 0.05) is 0 Å². The predicted molar refractivity (Wildman–Crippen MR) is 216 cm³/mol. The highest BCUT2D eigenvalue weighted by atomic mass is 14.2. The van der Waals surface area contributed by atoms with Crippen LogP contribution in [0.15, 0.2) is 182 Å². The molecule has 230 valence electrons. The minimum atomic E-state index is 1.22. The Balaban J connectivity index is 1.21. The summed E-state index contributed by atoms with van der Waals surface area (Å²) in [4.78, 5) is 0. The molecule has 0 fully saturated rings. The van der Waals surface area contributed by atoms with Crippen LogP contribution in [0.2, 0.25) is 0 Å². The van der Waals surface area contributed by atoms with Gasteiger partial charge in [0.05, 0.1) is 0 Å². The van der Waals surface area contributed by atoms with Crippen LogP contribution in [0.25, 0.3) is 109 Å². The molecule has 0 unspecified atom stereocenters. The van der Waals surface area contributed by atoms with Crippen molar-refractivity contribution in [1.82, 2.24) is 0 Å². The molecule has 0 aliphatic carbocycles. The molecule has 50 heavy (non-hydrogen) atoms. The zero-order valence-electron chi connectivity index (χ0n) is 27.3. The van der Waals surface area contributed by atoms with Gasteiger partial charge < -0.3 is 0 Å². The van der Waals surface area contributed by atoms with E-state index >= 15 is 0 Å². The highest BCUT2D eigenvalue weighted by Gasteiger charge is 2.20. The summed E-state index contributed by atoms with van der Waals surface area (Å²) in [6.45, 7) is 0. The molecule has 0 spiro atoms. The summed E-state index contributed by atoms with van der Waals surface area (Å²) in [6, 6.07) is 67.7. The van der Waals surface area contributed by atoms with Crippen LogP contribution in [0.5, 0.6) is 0 Å². The van der Waals surface area contributed by atoms with Crippen molar-refractivity contribution >= 4 is 64.6 Å². The Hall–Kier alpha value is -6.50. The van der Waals surface area contributed by atoms with Gasteiger partial charge in [0.15, 0.2) is 0 Å². The van der Waals surface area contributed by atoms with Gasteiger partial charge in [0.2, 0.25) is 0 Å². The minimum absolute atomic E-state index is 1.22. The Labute approximate surface area is 290 Å². The van der Waals surface area contributed by atoms with Gasteiger partial charge in [-0.15, -0.1) is 0 Å². The number of rotatable bonds is 4. The normalized spacial score (nSPS) is 12.0. The second-order valence-electron chi connectivity index (χ2n) is 13.6. The molecule has 11 aromatic rings. The molecule has 0 nitrogen and oxygen atoms in total. The topological polar surface area (TPSA) is 0 Å².